The molecule has 0 bridgehead atoms. The van der Waals surface area contributed by atoms with Crippen molar-refractivity contribution in [2.45, 2.75) is 13.0 Å². The lowest BCUT2D eigenvalue weighted by Crippen LogP contribution is -2.40. The average Bonchev–Trinajstić information content (AvgIpc) is 2.41. The van der Waals surface area contributed by atoms with Gasteiger partial charge in [0.1, 0.15) is 5.82 Å². The fraction of sp³-hybridized carbons (Fsp3) is 0.462. The lowest BCUT2D eigenvalue weighted by Gasteiger charge is -2.23. The Bertz CT molecular complexity index is 473. The Kier molecular flexibility index (Phi) is 4.34. The molecule has 0 spiro atoms. The fourth-order valence-electron chi connectivity index (χ4n) is 1.92. The van der Waals surface area contributed by atoms with Crippen molar-refractivity contribution in [3.63, 3.8) is 0 Å². The molecular weight excluding hydrogens is 251 g/mol. The monoisotopic (exact) mass is 268 g/mol. The molecule has 19 heavy (non-hydrogen) atoms. The van der Waals surface area contributed by atoms with Crippen LogP contribution in [-0.4, -0.2) is 38.4 Å². The summed E-state index contributed by atoms with van der Waals surface area (Å²) in [5.74, 6) is -1.05. The minimum absolute atomic E-state index is 0.0470. The first kappa shape index (κ1) is 13.8. The van der Waals surface area contributed by atoms with Gasteiger partial charge < -0.3 is 20.5 Å². The Hall–Kier alpha value is -1.66. The molecule has 1 atom stereocenters. The van der Waals surface area contributed by atoms with E-state index in [-0.39, 0.29) is 18.2 Å². The van der Waals surface area contributed by atoms with E-state index in [9.17, 15) is 9.18 Å². The second-order valence-corrected chi connectivity index (χ2v) is 4.48. The van der Waals surface area contributed by atoms with Crippen molar-refractivity contribution in [3.05, 3.63) is 29.1 Å². The summed E-state index contributed by atoms with van der Waals surface area (Å²) in [6.45, 7) is 3.35. The third-order valence-corrected chi connectivity index (χ3v) is 2.90. The van der Waals surface area contributed by atoms with Gasteiger partial charge in [-0.15, -0.1) is 0 Å². The number of halogens is 1. The van der Waals surface area contributed by atoms with Crippen molar-refractivity contribution in [1.82, 2.24) is 5.32 Å². The van der Waals surface area contributed by atoms with Crippen molar-refractivity contribution in [1.29, 1.82) is 0 Å². The van der Waals surface area contributed by atoms with Crippen LogP contribution >= 0.6 is 0 Å². The highest BCUT2D eigenvalue weighted by Crippen LogP contribution is 2.17. The molecule has 2 rings (SSSR count). The van der Waals surface area contributed by atoms with Crippen molar-refractivity contribution in [3.8, 4) is 0 Å². The molecule has 6 heteroatoms. The summed E-state index contributed by atoms with van der Waals surface area (Å²) in [4.78, 5) is 11.9. The zero-order valence-electron chi connectivity index (χ0n) is 10.7. The summed E-state index contributed by atoms with van der Waals surface area (Å²) in [6.07, 6.45) is -0.192. The number of nitrogen functional groups attached to an aromatic ring is 1. The number of hydrogen-bond donors (Lipinski definition) is 2. The van der Waals surface area contributed by atoms with E-state index >= 15 is 0 Å². The van der Waals surface area contributed by atoms with Gasteiger partial charge in [-0.25, -0.2) is 4.39 Å². The first-order valence-corrected chi connectivity index (χ1v) is 6.11. The van der Waals surface area contributed by atoms with Gasteiger partial charge in [0, 0.05) is 12.2 Å². The first-order valence-electron chi connectivity index (χ1n) is 6.11. The summed E-state index contributed by atoms with van der Waals surface area (Å²) in [5, 5.41) is 2.62. The zero-order chi connectivity index (χ0) is 13.8. The van der Waals surface area contributed by atoms with Crippen LogP contribution < -0.4 is 11.1 Å². The van der Waals surface area contributed by atoms with Crippen molar-refractivity contribution >= 4 is 11.6 Å². The maximum absolute atomic E-state index is 13.8. The largest absolute Gasteiger partial charge is 0.399 e. The van der Waals surface area contributed by atoms with Gasteiger partial charge in [0.05, 0.1) is 31.5 Å². The summed E-state index contributed by atoms with van der Waals surface area (Å²) in [6, 6.07) is 2.82. The Morgan fingerprint density at radius 3 is 3.00 bits per heavy atom. The Balaban J connectivity index is 1.99. The van der Waals surface area contributed by atoms with E-state index in [1.165, 1.54) is 12.1 Å². The van der Waals surface area contributed by atoms with Gasteiger partial charge in [0.2, 0.25) is 0 Å². The molecule has 1 unspecified atom stereocenters. The second-order valence-electron chi connectivity index (χ2n) is 4.48. The minimum Gasteiger partial charge on any atom is -0.399 e. The highest BCUT2D eigenvalue weighted by atomic mass is 19.1. The molecular formula is C13H17FN2O3. The number of carbonyl (C=O) groups excluding carboxylic acids is 1. The number of nitrogens with two attached hydrogens (primary N) is 1. The molecule has 3 N–H and O–H groups in total. The van der Waals surface area contributed by atoms with Crippen LogP contribution in [0.2, 0.25) is 0 Å². The van der Waals surface area contributed by atoms with Crippen LogP contribution in [0.4, 0.5) is 10.1 Å². The maximum atomic E-state index is 13.8. The van der Waals surface area contributed by atoms with Crippen LogP contribution in [-0.2, 0) is 9.47 Å². The molecule has 0 saturated carbocycles. The maximum Gasteiger partial charge on any atom is 0.254 e. The van der Waals surface area contributed by atoms with Crippen LogP contribution in [0.25, 0.3) is 0 Å². The lowest BCUT2D eigenvalue weighted by molar-refractivity contribution is -0.0855. The van der Waals surface area contributed by atoms with Gasteiger partial charge in [-0.05, 0) is 24.6 Å². The summed E-state index contributed by atoms with van der Waals surface area (Å²) < 4.78 is 24.4. The first-order chi connectivity index (χ1) is 9.08. The van der Waals surface area contributed by atoms with Crippen LogP contribution in [0.1, 0.15) is 15.9 Å². The van der Waals surface area contributed by atoms with Crippen molar-refractivity contribution in [2.24, 2.45) is 0 Å². The molecule has 0 radical (unpaired) electrons. The smallest absolute Gasteiger partial charge is 0.254 e. The highest BCUT2D eigenvalue weighted by molar-refractivity contribution is 5.95. The SMILES string of the molecule is Cc1cc(N)cc(C(=O)NCC2COCCO2)c1F. The van der Waals surface area contributed by atoms with Crippen LogP contribution in [0.3, 0.4) is 0 Å². The second kappa shape index (κ2) is 5.99. The third kappa shape index (κ3) is 3.42. The van der Waals surface area contributed by atoms with Gasteiger partial charge in [-0.1, -0.05) is 0 Å². The molecule has 0 aromatic heterocycles. The van der Waals surface area contributed by atoms with E-state index < -0.39 is 11.7 Å². The predicted molar refractivity (Wildman–Crippen MR) is 68.4 cm³/mol. The van der Waals surface area contributed by atoms with Gasteiger partial charge in [0.15, 0.2) is 0 Å². The molecule has 0 aliphatic carbocycles. The molecule has 1 aliphatic rings. The number of anilines is 1. The van der Waals surface area contributed by atoms with E-state index in [0.29, 0.717) is 31.1 Å². The summed E-state index contributed by atoms with van der Waals surface area (Å²) in [7, 11) is 0. The average molecular weight is 268 g/mol. The van der Waals surface area contributed by atoms with Crippen molar-refractivity contribution in [2.75, 3.05) is 32.1 Å². The Morgan fingerprint density at radius 2 is 2.32 bits per heavy atom. The molecule has 1 saturated heterocycles. The normalized spacial score (nSPS) is 19.2. The summed E-state index contributed by atoms with van der Waals surface area (Å²) in [5.41, 5.74) is 6.28. The van der Waals surface area contributed by atoms with E-state index in [2.05, 4.69) is 5.32 Å². The molecule has 104 valence electrons. The van der Waals surface area contributed by atoms with Crippen molar-refractivity contribution < 1.29 is 18.7 Å². The molecule has 1 amide bonds. The number of nitrogens with one attached hydrogen (secondary N) is 1. The number of amides is 1. The van der Waals surface area contributed by atoms with Gasteiger partial charge in [-0.2, -0.15) is 0 Å². The molecule has 5 nitrogen and oxygen atoms in total. The van der Waals surface area contributed by atoms with E-state index in [4.69, 9.17) is 15.2 Å². The van der Waals surface area contributed by atoms with Crippen LogP contribution in [0.5, 0.6) is 0 Å². The van der Waals surface area contributed by atoms with Gasteiger partial charge in [0.25, 0.3) is 5.91 Å². The molecule has 1 fully saturated rings. The summed E-state index contributed by atoms with van der Waals surface area (Å²) >= 11 is 0. The third-order valence-electron chi connectivity index (χ3n) is 2.90. The topological polar surface area (TPSA) is 73.6 Å². The van der Waals surface area contributed by atoms with Crippen LogP contribution in [0, 0.1) is 12.7 Å². The number of rotatable bonds is 3. The van der Waals surface area contributed by atoms with E-state index in [1.54, 1.807) is 6.92 Å². The molecule has 1 aromatic rings. The fourth-order valence-corrected chi connectivity index (χ4v) is 1.92. The van der Waals surface area contributed by atoms with Gasteiger partial charge >= 0.3 is 0 Å². The molecule has 1 aliphatic heterocycles. The number of benzene rings is 1. The van der Waals surface area contributed by atoms with Gasteiger partial charge in [-0.3, -0.25) is 4.79 Å². The number of carbonyl (C=O) groups is 1. The standard InChI is InChI=1S/C13H17FN2O3/c1-8-4-9(15)5-11(12(8)14)13(17)16-6-10-7-18-2-3-19-10/h4-5,10H,2-3,6-7,15H2,1H3,(H,16,17). The Morgan fingerprint density at radius 1 is 1.53 bits per heavy atom. The molecule has 1 aromatic carbocycles. The quantitative estimate of drug-likeness (QED) is 0.797. The van der Waals surface area contributed by atoms with E-state index in [0.717, 1.165) is 0 Å². The number of ether oxygens (including phenoxy) is 2. The lowest BCUT2D eigenvalue weighted by atomic mass is 10.1. The van der Waals surface area contributed by atoms with E-state index in [1.807, 2.05) is 0 Å². The predicted octanol–water partition coefficient (Wildman–Crippen LogP) is 0.862. The minimum atomic E-state index is -0.549. The Labute approximate surface area is 110 Å². The van der Waals surface area contributed by atoms with Crippen LogP contribution in [0.15, 0.2) is 12.1 Å². The number of aryl methyl sites for hydroxylation is 1. The highest BCUT2D eigenvalue weighted by Gasteiger charge is 2.18. The molecule has 1 heterocycles. The zero-order valence-corrected chi connectivity index (χ0v) is 10.7. The number of hydrogen-bond acceptors (Lipinski definition) is 4.